The number of nitrogens with two attached hydrogens (primary N) is 1. The summed E-state index contributed by atoms with van der Waals surface area (Å²) in [5.74, 6) is 2.19. The van der Waals surface area contributed by atoms with E-state index >= 15 is 0 Å². The zero-order valence-electron chi connectivity index (χ0n) is 15.8. The molecule has 1 aromatic carbocycles. The molecule has 146 valence electrons. The predicted octanol–water partition coefficient (Wildman–Crippen LogP) is 2.70. The average molecular weight is 372 g/mol. The molecule has 27 heavy (non-hydrogen) atoms. The summed E-state index contributed by atoms with van der Waals surface area (Å²) in [6.07, 6.45) is 5.21. The van der Waals surface area contributed by atoms with Gasteiger partial charge in [-0.25, -0.2) is 0 Å². The largest absolute Gasteiger partial charge is 0.494 e. The van der Waals surface area contributed by atoms with Gasteiger partial charge in [0.25, 0.3) is 0 Å². The molecule has 1 heterocycles. The van der Waals surface area contributed by atoms with Crippen LogP contribution in [-0.2, 0) is 11.2 Å². The zero-order chi connectivity index (χ0) is 19.1. The van der Waals surface area contributed by atoms with Crippen molar-refractivity contribution in [1.29, 1.82) is 0 Å². The van der Waals surface area contributed by atoms with Gasteiger partial charge in [0, 0.05) is 24.4 Å². The Bertz CT molecular complexity index is 729. The van der Waals surface area contributed by atoms with Crippen molar-refractivity contribution in [2.24, 2.45) is 11.7 Å². The summed E-state index contributed by atoms with van der Waals surface area (Å²) >= 11 is 0. The van der Waals surface area contributed by atoms with Gasteiger partial charge >= 0.3 is 0 Å². The number of carbonyl (C=O) groups is 1. The van der Waals surface area contributed by atoms with Gasteiger partial charge in [-0.2, -0.15) is 4.98 Å². The minimum Gasteiger partial charge on any atom is -0.494 e. The lowest BCUT2D eigenvalue weighted by Gasteiger charge is -2.31. The van der Waals surface area contributed by atoms with Crippen LogP contribution in [0, 0.1) is 5.92 Å². The lowest BCUT2D eigenvalue weighted by atomic mass is 9.84. The summed E-state index contributed by atoms with van der Waals surface area (Å²) in [5.41, 5.74) is 6.68. The Balaban J connectivity index is 1.51. The molecular formula is C20H28N4O3. The van der Waals surface area contributed by atoms with E-state index in [0.29, 0.717) is 43.6 Å². The van der Waals surface area contributed by atoms with Crippen LogP contribution in [0.2, 0.25) is 0 Å². The SMILES string of the molecule is CCOc1ccc(-c2noc(CCC(=O)NC3CCCCC3CN)n2)cc1. The van der Waals surface area contributed by atoms with Crippen LogP contribution < -0.4 is 15.8 Å². The summed E-state index contributed by atoms with van der Waals surface area (Å²) in [5, 5.41) is 7.13. The van der Waals surface area contributed by atoms with Crippen molar-refractivity contribution in [1.82, 2.24) is 15.5 Å². The molecule has 2 atom stereocenters. The van der Waals surface area contributed by atoms with Crippen molar-refractivity contribution >= 4 is 5.91 Å². The molecular weight excluding hydrogens is 344 g/mol. The van der Waals surface area contributed by atoms with Gasteiger partial charge in [0.15, 0.2) is 0 Å². The van der Waals surface area contributed by atoms with E-state index in [1.165, 1.54) is 6.42 Å². The van der Waals surface area contributed by atoms with Crippen molar-refractivity contribution in [2.75, 3.05) is 13.2 Å². The average Bonchev–Trinajstić information content (AvgIpc) is 3.17. The first-order valence-electron chi connectivity index (χ1n) is 9.75. The van der Waals surface area contributed by atoms with Crippen LogP contribution in [-0.4, -0.2) is 35.2 Å². The Labute approximate surface area is 159 Å². The van der Waals surface area contributed by atoms with Gasteiger partial charge in [-0.1, -0.05) is 18.0 Å². The molecule has 1 fully saturated rings. The quantitative estimate of drug-likeness (QED) is 0.738. The monoisotopic (exact) mass is 372 g/mol. The smallest absolute Gasteiger partial charge is 0.227 e. The van der Waals surface area contributed by atoms with E-state index in [2.05, 4.69) is 15.5 Å². The molecule has 3 N–H and O–H groups in total. The number of rotatable bonds is 8. The van der Waals surface area contributed by atoms with E-state index in [1.54, 1.807) is 0 Å². The van der Waals surface area contributed by atoms with E-state index in [0.717, 1.165) is 30.6 Å². The fourth-order valence-electron chi connectivity index (χ4n) is 3.52. The normalized spacial score (nSPS) is 19.6. The van der Waals surface area contributed by atoms with Crippen LogP contribution >= 0.6 is 0 Å². The number of ether oxygens (including phenoxy) is 1. The van der Waals surface area contributed by atoms with Crippen molar-refractivity contribution in [3.05, 3.63) is 30.2 Å². The molecule has 7 heteroatoms. The molecule has 0 radical (unpaired) electrons. The van der Waals surface area contributed by atoms with Gasteiger partial charge < -0.3 is 20.3 Å². The number of aromatic nitrogens is 2. The summed E-state index contributed by atoms with van der Waals surface area (Å²) in [7, 11) is 0. The molecule has 1 aromatic heterocycles. The Hall–Kier alpha value is -2.41. The number of hydrogen-bond acceptors (Lipinski definition) is 6. The molecule has 2 aromatic rings. The number of amides is 1. The van der Waals surface area contributed by atoms with Crippen molar-refractivity contribution in [3.63, 3.8) is 0 Å². The van der Waals surface area contributed by atoms with Crippen molar-refractivity contribution < 1.29 is 14.1 Å². The van der Waals surface area contributed by atoms with Crippen LogP contribution in [0.5, 0.6) is 5.75 Å². The molecule has 0 spiro atoms. The van der Waals surface area contributed by atoms with E-state index in [4.69, 9.17) is 15.0 Å². The predicted molar refractivity (Wildman–Crippen MR) is 102 cm³/mol. The Morgan fingerprint density at radius 1 is 1.30 bits per heavy atom. The maximum Gasteiger partial charge on any atom is 0.227 e. The number of aryl methyl sites for hydroxylation is 1. The fraction of sp³-hybridized carbons (Fsp3) is 0.550. The molecule has 0 bridgehead atoms. The molecule has 2 unspecified atom stereocenters. The first-order valence-corrected chi connectivity index (χ1v) is 9.75. The number of nitrogens with zero attached hydrogens (tertiary/aromatic N) is 2. The highest BCUT2D eigenvalue weighted by atomic mass is 16.5. The van der Waals surface area contributed by atoms with E-state index in [9.17, 15) is 4.79 Å². The number of nitrogens with one attached hydrogen (secondary N) is 1. The molecule has 1 saturated carbocycles. The van der Waals surface area contributed by atoms with Gasteiger partial charge in [-0.05, 0) is 56.5 Å². The van der Waals surface area contributed by atoms with Crippen LogP contribution in [0.25, 0.3) is 11.4 Å². The maximum atomic E-state index is 12.3. The Morgan fingerprint density at radius 3 is 2.81 bits per heavy atom. The van der Waals surface area contributed by atoms with Gasteiger partial charge in [0.05, 0.1) is 6.61 Å². The van der Waals surface area contributed by atoms with Gasteiger partial charge in [-0.3, -0.25) is 4.79 Å². The highest BCUT2D eigenvalue weighted by molar-refractivity contribution is 5.76. The minimum absolute atomic E-state index is 0.0150. The second-order valence-corrected chi connectivity index (χ2v) is 6.92. The van der Waals surface area contributed by atoms with Crippen LogP contribution in [0.3, 0.4) is 0 Å². The lowest BCUT2D eigenvalue weighted by Crippen LogP contribution is -2.44. The zero-order valence-corrected chi connectivity index (χ0v) is 15.8. The topological polar surface area (TPSA) is 103 Å². The third kappa shape index (κ3) is 5.29. The van der Waals surface area contributed by atoms with Gasteiger partial charge in [0.2, 0.25) is 17.6 Å². The minimum atomic E-state index is 0.0150. The Kier molecular flexibility index (Phi) is 6.81. The van der Waals surface area contributed by atoms with Gasteiger partial charge in [-0.15, -0.1) is 0 Å². The van der Waals surface area contributed by atoms with Crippen molar-refractivity contribution in [3.8, 4) is 17.1 Å². The Morgan fingerprint density at radius 2 is 2.07 bits per heavy atom. The summed E-state index contributed by atoms with van der Waals surface area (Å²) in [6, 6.07) is 7.73. The summed E-state index contributed by atoms with van der Waals surface area (Å²) < 4.78 is 10.7. The molecule has 1 amide bonds. The first kappa shape index (κ1) is 19.4. The number of hydrogen-bond donors (Lipinski definition) is 2. The molecule has 7 nitrogen and oxygen atoms in total. The highest BCUT2D eigenvalue weighted by Crippen LogP contribution is 2.24. The standard InChI is InChI=1S/C20H28N4O3/c1-2-26-16-9-7-14(8-10-16)20-23-19(27-24-20)12-11-18(25)22-17-6-4-3-5-15(17)13-21/h7-10,15,17H,2-6,11-13,21H2,1H3,(H,22,25). The first-order chi connectivity index (χ1) is 13.2. The summed E-state index contributed by atoms with van der Waals surface area (Å²) in [6.45, 7) is 3.20. The van der Waals surface area contributed by atoms with E-state index in [1.807, 2.05) is 31.2 Å². The van der Waals surface area contributed by atoms with Crippen LogP contribution in [0.15, 0.2) is 28.8 Å². The molecule has 1 aliphatic carbocycles. The van der Waals surface area contributed by atoms with Gasteiger partial charge in [0.1, 0.15) is 5.75 Å². The van der Waals surface area contributed by atoms with Crippen LogP contribution in [0.4, 0.5) is 0 Å². The molecule has 0 saturated heterocycles. The third-order valence-electron chi connectivity index (χ3n) is 5.02. The number of carbonyl (C=O) groups excluding carboxylic acids is 1. The summed E-state index contributed by atoms with van der Waals surface area (Å²) in [4.78, 5) is 16.7. The van der Waals surface area contributed by atoms with Crippen LogP contribution in [0.1, 0.15) is 44.9 Å². The lowest BCUT2D eigenvalue weighted by molar-refractivity contribution is -0.122. The second kappa shape index (κ2) is 9.50. The molecule has 0 aliphatic heterocycles. The number of benzene rings is 1. The van der Waals surface area contributed by atoms with E-state index < -0.39 is 0 Å². The molecule has 3 rings (SSSR count). The third-order valence-corrected chi connectivity index (χ3v) is 5.02. The second-order valence-electron chi connectivity index (χ2n) is 6.92. The van der Waals surface area contributed by atoms with E-state index in [-0.39, 0.29) is 11.9 Å². The molecule has 1 aliphatic rings. The van der Waals surface area contributed by atoms with Crippen molar-refractivity contribution in [2.45, 2.75) is 51.5 Å². The highest BCUT2D eigenvalue weighted by Gasteiger charge is 2.25. The fourth-order valence-corrected chi connectivity index (χ4v) is 3.52. The maximum absolute atomic E-state index is 12.3.